The van der Waals surface area contributed by atoms with Gasteiger partial charge in [0.25, 0.3) is 0 Å². The van der Waals surface area contributed by atoms with Crippen LogP contribution in [0.3, 0.4) is 0 Å². The zero-order valence-electron chi connectivity index (χ0n) is 29.5. The maximum atomic E-state index is 2.52. The second kappa shape index (κ2) is 13.2. The normalized spacial score (nSPS) is 12.6. The van der Waals surface area contributed by atoms with E-state index in [0.29, 0.717) is 0 Å². The van der Waals surface area contributed by atoms with Crippen molar-refractivity contribution in [2.75, 3.05) is 4.90 Å². The molecule has 0 amide bonds. The van der Waals surface area contributed by atoms with Crippen LogP contribution >= 0.6 is 0 Å². The molecule has 8 aromatic rings. The average Bonchev–Trinajstić information content (AvgIpc) is 3.45. The summed E-state index contributed by atoms with van der Waals surface area (Å²) in [6.07, 6.45) is 0. The van der Waals surface area contributed by atoms with Gasteiger partial charge >= 0.3 is 0 Å². The molecule has 0 unspecified atom stereocenters. The minimum atomic E-state index is -1.95. The second-order valence-electron chi connectivity index (χ2n) is 14.2. The van der Waals surface area contributed by atoms with Gasteiger partial charge in [-0.3, -0.25) is 0 Å². The molecule has 0 radical (unpaired) electrons. The topological polar surface area (TPSA) is 3.24 Å². The van der Waals surface area contributed by atoms with E-state index in [2.05, 4.69) is 218 Å². The molecular weight excluding hydrogens is 643 g/mol. The fourth-order valence-electron chi connectivity index (χ4n) is 8.02. The van der Waals surface area contributed by atoms with Crippen LogP contribution in [-0.2, 0) is 0 Å². The summed E-state index contributed by atoms with van der Waals surface area (Å²) in [6.45, 7) is 5.00. The van der Waals surface area contributed by atoms with Crippen LogP contribution in [-0.4, -0.2) is 8.07 Å². The van der Waals surface area contributed by atoms with E-state index < -0.39 is 8.07 Å². The molecule has 0 bridgehead atoms. The maximum absolute atomic E-state index is 2.52. The molecule has 0 atom stereocenters. The third-order valence-electron chi connectivity index (χ3n) is 10.7. The van der Waals surface area contributed by atoms with Crippen molar-refractivity contribution >= 4 is 35.5 Å². The maximum Gasteiger partial charge on any atom is 0.113 e. The van der Waals surface area contributed by atoms with Gasteiger partial charge in [-0.15, -0.1) is 0 Å². The van der Waals surface area contributed by atoms with Gasteiger partial charge in [0.05, 0.1) is 5.69 Å². The van der Waals surface area contributed by atoms with Crippen molar-refractivity contribution in [2.24, 2.45) is 0 Å². The van der Waals surface area contributed by atoms with E-state index in [-0.39, 0.29) is 0 Å². The van der Waals surface area contributed by atoms with Crippen molar-refractivity contribution in [1.82, 2.24) is 0 Å². The Labute approximate surface area is 308 Å². The van der Waals surface area contributed by atoms with Crippen LogP contribution in [0.1, 0.15) is 0 Å². The van der Waals surface area contributed by atoms with E-state index in [1.165, 1.54) is 77.4 Å². The van der Waals surface area contributed by atoms with E-state index in [4.69, 9.17) is 0 Å². The molecule has 9 rings (SSSR count). The summed E-state index contributed by atoms with van der Waals surface area (Å²) < 4.78 is 0. The predicted molar refractivity (Wildman–Crippen MR) is 225 cm³/mol. The molecule has 2 heteroatoms. The number of nitrogens with zero attached hydrogens (tertiary/aromatic N) is 1. The number of fused-ring (bicyclic) bond motifs is 3. The van der Waals surface area contributed by atoms with E-state index in [9.17, 15) is 0 Å². The molecule has 1 aliphatic rings. The van der Waals surface area contributed by atoms with E-state index in [0.717, 1.165) is 5.69 Å². The van der Waals surface area contributed by atoms with E-state index in [1.807, 2.05) is 0 Å². The first kappa shape index (κ1) is 31.7. The van der Waals surface area contributed by atoms with Gasteiger partial charge in [0.1, 0.15) is 8.07 Å². The Morgan fingerprint density at radius 1 is 0.308 bits per heavy atom. The van der Waals surface area contributed by atoms with Crippen molar-refractivity contribution in [2.45, 2.75) is 13.1 Å². The molecule has 52 heavy (non-hydrogen) atoms. The highest BCUT2D eigenvalue weighted by molar-refractivity contribution is 7.03. The van der Waals surface area contributed by atoms with Gasteiger partial charge in [0, 0.05) is 22.5 Å². The van der Waals surface area contributed by atoms with Crippen molar-refractivity contribution in [1.29, 1.82) is 0 Å². The number of hydrogen-bond donors (Lipinski definition) is 0. The Morgan fingerprint density at radius 2 is 0.731 bits per heavy atom. The van der Waals surface area contributed by atoms with Gasteiger partial charge in [0.2, 0.25) is 0 Å². The largest absolute Gasteiger partial charge is 0.309 e. The fourth-order valence-corrected chi connectivity index (χ4v) is 11.1. The lowest BCUT2D eigenvalue weighted by Crippen LogP contribution is -2.49. The highest BCUT2D eigenvalue weighted by atomic mass is 28.3. The second-order valence-corrected chi connectivity index (χ2v) is 18.5. The van der Waals surface area contributed by atoms with Gasteiger partial charge in [-0.1, -0.05) is 177 Å². The Balaban J connectivity index is 1.35. The summed E-state index contributed by atoms with van der Waals surface area (Å²) >= 11 is 0. The van der Waals surface area contributed by atoms with Crippen LogP contribution in [0.15, 0.2) is 200 Å². The van der Waals surface area contributed by atoms with Crippen molar-refractivity contribution in [3.05, 3.63) is 200 Å². The number of rotatable bonds is 7. The van der Waals surface area contributed by atoms with Crippen LogP contribution in [0.4, 0.5) is 17.1 Å². The lowest BCUT2D eigenvalue weighted by atomic mass is 9.89. The molecule has 0 fully saturated rings. The third kappa shape index (κ3) is 5.58. The highest BCUT2D eigenvalue weighted by Crippen LogP contribution is 2.49. The first-order chi connectivity index (χ1) is 25.6. The number of anilines is 3. The smallest absolute Gasteiger partial charge is 0.113 e. The molecule has 1 aliphatic heterocycles. The van der Waals surface area contributed by atoms with Gasteiger partial charge in [-0.05, 0) is 91.3 Å². The predicted octanol–water partition coefficient (Wildman–Crippen LogP) is 12.6. The first-order valence-corrected chi connectivity index (χ1v) is 21.1. The van der Waals surface area contributed by atoms with Crippen LogP contribution in [0.25, 0.3) is 55.6 Å². The minimum Gasteiger partial charge on any atom is -0.309 e. The lowest BCUT2D eigenvalue weighted by Gasteiger charge is -2.32. The van der Waals surface area contributed by atoms with Crippen LogP contribution in [0, 0.1) is 0 Å². The lowest BCUT2D eigenvalue weighted by molar-refractivity contribution is 1.29. The van der Waals surface area contributed by atoms with Gasteiger partial charge < -0.3 is 4.90 Å². The molecule has 1 nitrogen and oxygen atoms in total. The third-order valence-corrected chi connectivity index (χ3v) is 14.2. The Kier molecular flexibility index (Phi) is 8.03. The van der Waals surface area contributed by atoms with Crippen molar-refractivity contribution < 1.29 is 0 Å². The van der Waals surface area contributed by atoms with E-state index in [1.54, 1.807) is 0 Å². The Bertz CT molecular complexity index is 2450. The van der Waals surface area contributed by atoms with Gasteiger partial charge in [-0.25, -0.2) is 0 Å². The minimum absolute atomic E-state index is 1.12. The monoisotopic (exact) mass is 681 g/mol. The zero-order valence-corrected chi connectivity index (χ0v) is 30.5. The number of hydrogen-bond acceptors (Lipinski definition) is 1. The molecule has 0 spiro atoms. The van der Waals surface area contributed by atoms with Crippen LogP contribution < -0.4 is 15.3 Å². The molecule has 1 heterocycles. The Morgan fingerprint density at radius 3 is 1.29 bits per heavy atom. The van der Waals surface area contributed by atoms with Crippen LogP contribution in [0.2, 0.25) is 13.1 Å². The molecule has 0 aliphatic carbocycles. The summed E-state index contributed by atoms with van der Waals surface area (Å²) in [4.78, 5) is 2.52. The zero-order chi connectivity index (χ0) is 35.1. The summed E-state index contributed by atoms with van der Waals surface area (Å²) in [7, 11) is -1.95. The Hall–Kier alpha value is -6.22. The quantitative estimate of drug-likeness (QED) is 0.151. The summed E-state index contributed by atoms with van der Waals surface area (Å²) in [5.74, 6) is 0. The molecule has 0 saturated carbocycles. The van der Waals surface area contributed by atoms with Gasteiger partial charge in [0.15, 0.2) is 0 Å². The molecular formula is C50H39NSi. The molecule has 0 saturated heterocycles. The summed E-state index contributed by atoms with van der Waals surface area (Å²) in [6, 6.07) is 73.4. The molecule has 8 aromatic carbocycles. The molecule has 248 valence electrons. The van der Waals surface area contributed by atoms with Crippen LogP contribution in [0.5, 0.6) is 0 Å². The number of benzene rings is 8. The SMILES string of the molecule is C[Si]1(C)c2ccccc2-c2ccc(N(c3ccc(-c4ccccc4)cc3)c3c(-c4ccccc4)cc(-c4ccccc4)cc3-c3ccccc3)cc21. The summed E-state index contributed by atoms with van der Waals surface area (Å²) in [5, 5.41) is 3.00. The molecule has 0 N–H and O–H groups in total. The van der Waals surface area contributed by atoms with Crippen molar-refractivity contribution in [3.63, 3.8) is 0 Å². The van der Waals surface area contributed by atoms with Crippen molar-refractivity contribution in [3.8, 4) is 55.6 Å². The fraction of sp³-hybridized carbons (Fsp3) is 0.0400. The summed E-state index contributed by atoms with van der Waals surface area (Å²) in [5.41, 5.74) is 15.8. The molecule has 0 aromatic heterocycles. The first-order valence-electron chi connectivity index (χ1n) is 18.1. The van der Waals surface area contributed by atoms with E-state index >= 15 is 0 Å². The average molecular weight is 682 g/mol. The highest BCUT2D eigenvalue weighted by Gasteiger charge is 2.38. The standard InChI is InChI=1S/C50H39NSi/c1-52(2)48-26-16-15-25-44(48)45-32-31-43(35-49(45)52)51(42-29-27-38(28-30-42)36-17-7-3-8-18-36)50-46(39-21-11-5-12-22-39)33-41(37-19-9-4-10-20-37)34-47(50)40-23-13-6-14-24-40/h3-35H,1-2H3. The van der Waals surface area contributed by atoms with Gasteiger partial charge in [-0.2, -0.15) is 0 Å².